The van der Waals surface area contributed by atoms with Gasteiger partial charge in [-0.05, 0) is 67.5 Å². The Kier molecular flexibility index (Phi) is 6.26. The normalized spacial score (nSPS) is 16.8. The van der Waals surface area contributed by atoms with Crippen LogP contribution in [0.15, 0.2) is 40.9 Å². The molecule has 9 heteroatoms. The van der Waals surface area contributed by atoms with Gasteiger partial charge in [0.2, 0.25) is 0 Å². The highest BCUT2D eigenvalue weighted by molar-refractivity contribution is 7.13. The second-order valence-electron chi connectivity index (χ2n) is 9.11. The second kappa shape index (κ2) is 9.54. The Labute approximate surface area is 216 Å². The first-order valence-corrected chi connectivity index (χ1v) is 13.3. The van der Waals surface area contributed by atoms with Gasteiger partial charge in [-0.25, -0.2) is 0 Å². The molecule has 6 nitrogen and oxygen atoms in total. The van der Waals surface area contributed by atoms with Crippen LogP contribution in [0, 0.1) is 0 Å². The summed E-state index contributed by atoms with van der Waals surface area (Å²) in [5.74, 6) is 1.31. The van der Waals surface area contributed by atoms with Crippen molar-refractivity contribution in [2.45, 2.75) is 44.3 Å². The average Bonchev–Trinajstić information content (AvgIpc) is 3.51. The number of hydrogen-bond acceptors (Lipinski definition) is 7. The van der Waals surface area contributed by atoms with E-state index >= 15 is 0 Å². The molecule has 1 saturated carbocycles. The number of nitrogens with zero attached hydrogens (tertiary/aromatic N) is 3. The Morgan fingerprint density at radius 2 is 1.89 bits per heavy atom. The van der Waals surface area contributed by atoms with Crippen LogP contribution >= 0.6 is 34.7 Å². The summed E-state index contributed by atoms with van der Waals surface area (Å²) in [6, 6.07) is 11.7. The van der Waals surface area contributed by atoms with Crippen molar-refractivity contribution in [3.63, 3.8) is 0 Å². The Hall–Kier alpha value is -2.45. The highest BCUT2D eigenvalue weighted by Crippen LogP contribution is 2.46. The second-order valence-corrected chi connectivity index (χ2v) is 10.7. The van der Waals surface area contributed by atoms with Gasteiger partial charge in [0.05, 0.1) is 27.5 Å². The topological polar surface area (TPSA) is 68.5 Å². The van der Waals surface area contributed by atoms with E-state index in [0.29, 0.717) is 39.5 Å². The van der Waals surface area contributed by atoms with Crippen LogP contribution in [0.4, 0.5) is 5.69 Å². The van der Waals surface area contributed by atoms with Gasteiger partial charge in [0, 0.05) is 41.2 Å². The molecule has 6 rings (SSSR count). The number of carbonyl (C=O) groups excluding carboxylic acids is 1. The van der Waals surface area contributed by atoms with Crippen LogP contribution in [0.3, 0.4) is 0 Å². The molecule has 0 N–H and O–H groups in total. The number of anilines is 1. The fraction of sp³-hybridized carbons (Fsp3) is 0.346. The van der Waals surface area contributed by atoms with E-state index in [1.165, 1.54) is 11.5 Å². The lowest BCUT2D eigenvalue weighted by Gasteiger charge is -2.33. The molecule has 35 heavy (non-hydrogen) atoms. The van der Waals surface area contributed by atoms with Gasteiger partial charge in [0.15, 0.2) is 6.29 Å². The van der Waals surface area contributed by atoms with Crippen molar-refractivity contribution in [3.8, 4) is 11.3 Å². The maximum atomic E-state index is 11.1. The Balaban J connectivity index is 1.15. The smallest absolute Gasteiger partial charge is 0.170 e. The zero-order valence-corrected chi connectivity index (χ0v) is 21.2. The van der Waals surface area contributed by atoms with Crippen LogP contribution in [-0.2, 0) is 11.3 Å². The molecule has 1 aliphatic carbocycles. The third kappa shape index (κ3) is 4.47. The standard InChI is InChI=1S/C26H23Cl2N3O3S/c27-20-2-1-3-21(28)24(20)25-19(26(34-29-25)15-4-5-15)14-33-17-8-10-31(11-9-17)16-6-7-18-22(13-32)30-35-23(18)12-16/h1-3,6-7,12-13,15,17H,4-5,8-11,14H2. The molecule has 1 aliphatic heterocycles. The number of ether oxygens (including phenoxy) is 1. The fourth-order valence-corrected chi connectivity index (χ4v) is 6.12. The van der Waals surface area contributed by atoms with Crippen molar-refractivity contribution in [3.05, 3.63) is 63.5 Å². The van der Waals surface area contributed by atoms with Gasteiger partial charge in [-0.2, -0.15) is 4.37 Å². The molecule has 0 radical (unpaired) electrons. The van der Waals surface area contributed by atoms with Crippen molar-refractivity contribution in [2.75, 3.05) is 18.0 Å². The summed E-state index contributed by atoms with van der Waals surface area (Å²) in [5.41, 5.74) is 4.03. The highest BCUT2D eigenvalue weighted by Gasteiger charge is 2.34. The quantitative estimate of drug-likeness (QED) is 0.238. The minimum absolute atomic E-state index is 0.150. The average molecular weight is 528 g/mol. The predicted octanol–water partition coefficient (Wildman–Crippen LogP) is 7.13. The Morgan fingerprint density at radius 1 is 1.11 bits per heavy atom. The first-order valence-electron chi connectivity index (χ1n) is 11.8. The van der Waals surface area contributed by atoms with E-state index in [0.717, 1.165) is 72.2 Å². The third-order valence-electron chi connectivity index (χ3n) is 6.83. The molecular formula is C26H23Cl2N3O3S. The lowest BCUT2D eigenvalue weighted by molar-refractivity contribution is 0.0246. The zero-order chi connectivity index (χ0) is 23.9. The van der Waals surface area contributed by atoms with E-state index < -0.39 is 0 Å². The van der Waals surface area contributed by atoms with Crippen LogP contribution in [0.1, 0.15) is 53.4 Å². The summed E-state index contributed by atoms with van der Waals surface area (Å²) >= 11 is 14.3. The Morgan fingerprint density at radius 3 is 2.60 bits per heavy atom. The lowest BCUT2D eigenvalue weighted by atomic mass is 10.0. The number of rotatable bonds is 7. The summed E-state index contributed by atoms with van der Waals surface area (Å²) in [6.45, 7) is 2.23. The first-order chi connectivity index (χ1) is 17.1. The maximum absolute atomic E-state index is 11.1. The Bertz CT molecular complexity index is 1370. The summed E-state index contributed by atoms with van der Waals surface area (Å²) < 4.78 is 17.4. The van der Waals surface area contributed by atoms with Gasteiger partial charge in [-0.3, -0.25) is 4.79 Å². The molecule has 0 unspecified atom stereocenters. The van der Waals surface area contributed by atoms with E-state index in [1.807, 2.05) is 24.3 Å². The molecule has 1 saturated heterocycles. The van der Waals surface area contributed by atoms with Crippen molar-refractivity contribution in [1.82, 2.24) is 9.53 Å². The predicted molar refractivity (Wildman–Crippen MR) is 139 cm³/mol. The molecule has 3 heterocycles. The van der Waals surface area contributed by atoms with Gasteiger partial charge < -0.3 is 14.2 Å². The third-order valence-corrected chi connectivity index (χ3v) is 8.28. The van der Waals surface area contributed by atoms with Crippen molar-refractivity contribution >= 4 is 56.8 Å². The van der Waals surface area contributed by atoms with Crippen LogP contribution in [0.5, 0.6) is 0 Å². The molecule has 0 spiro atoms. The summed E-state index contributed by atoms with van der Waals surface area (Å²) in [5, 5.41) is 6.39. The highest BCUT2D eigenvalue weighted by atomic mass is 35.5. The van der Waals surface area contributed by atoms with Crippen LogP contribution in [0.25, 0.3) is 21.3 Å². The summed E-state index contributed by atoms with van der Waals surface area (Å²) in [6.07, 6.45) is 5.02. The lowest BCUT2D eigenvalue weighted by Crippen LogP contribution is -2.37. The molecule has 0 bridgehead atoms. The van der Waals surface area contributed by atoms with Gasteiger partial charge in [-0.1, -0.05) is 34.4 Å². The number of aldehydes is 1. The molecule has 0 atom stereocenters. The molecule has 4 aromatic rings. The van der Waals surface area contributed by atoms with Crippen molar-refractivity contribution < 1.29 is 14.1 Å². The molecule has 2 fully saturated rings. The molecule has 180 valence electrons. The monoisotopic (exact) mass is 527 g/mol. The van der Waals surface area contributed by atoms with Gasteiger partial charge >= 0.3 is 0 Å². The van der Waals surface area contributed by atoms with Gasteiger partial charge in [0.1, 0.15) is 17.1 Å². The number of benzene rings is 2. The van der Waals surface area contributed by atoms with E-state index in [1.54, 1.807) is 0 Å². The minimum atomic E-state index is 0.150. The number of halogens is 2. The minimum Gasteiger partial charge on any atom is -0.373 e. The van der Waals surface area contributed by atoms with E-state index in [-0.39, 0.29) is 6.10 Å². The van der Waals surface area contributed by atoms with Crippen LogP contribution in [0.2, 0.25) is 10.0 Å². The van der Waals surface area contributed by atoms with Crippen LogP contribution in [-0.4, -0.2) is 35.0 Å². The van der Waals surface area contributed by atoms with Gasteiger partial charge in [0.25, 0.3) is 0 Å². The number of fused-ring (bicyclic) bond motifs is 1. The zero-order valence-electron chi connectivity index (χ0n) is 18.9. The molecule has 2 aliphatic rings. The summed E-state index contributed by atoms with van der Waals surface area (Å²) in [7, 11) is 0. The van der Waals surface area contributed by atoms with Gasteiger partial charge in [-0.15, -0.1) is 0 Å². The van der Waals surface area contributed by atoms with E-state index in [9.17, 15) is 4.79 Å². The number of aromatic nitrogens is 2. The summed E-state index contributed by atoms with van der Waals surface area (Å²) in [4.78, 5) is 13.5. The maximum Gasteiger partial charge on any atom is 0.170 e. The molecule has 2 aromatic carbocycles. The first kappa shape index (κ1) is 23.0. The fourth-order valence-electron chi connectivity index (χ4n) is 4.76. The largest absolute Gasteiger partial charge is 0.373 e. The van der Waals surface area contributed by atoms with Crippen molar-refractivity contribution in [2.24, 2.45) is 0 Å². The van der Waals surface area contributed by atoms with Crippen molar-refractivity contribution in [1.29, 1.82) is 0 Å². The number of carbonyl (C=O) groups is 1. The van der Waals surface area contributed by atoms with E-state index in [2.05, 4.69) is 26.6 Å². The van der Waals surface area contributed by atoms with E-state index in [4.69, 9.17) is 32.5 Å². The van der Waals surface area contributed by atoms with Crippen LogP contribution < -0.4 is 4.90 Å². The number of hydrogen-bond donors (Lipinski definition) is 0. The molecule has 2 aromatic heterocycles. The molecule has 0 amide bonds. The SMILES string of the molecule is O=Cc1nsc2cc(N3CCC(OCc4c(-c5c(Cl)cccc5Cl)noc4C4CC4)CC3)ccc12. The molecular weight excluding hydrogens is 505 g/mol. The number of piperidine rings is 1.